The van der Waals surface area contributed by atoms with E-state index in [4.69, 9.17) is 4.98 Å². The van der Waals surface area contributed by atoms with E-state index in [0.29, 0.717) is 13.0 Å². The number of unbranched alkanes of at least 4 members (excludes halogenated alkanes) is 5. The molecule has 4 heteroatoms. The van der Waals surface area contributed by atoms with E-state index in [0.717, 1.165) is 23.6 Å². The zero-order chi connectivity index (χ0) is 20.9. The van der Waals surface area contributed by atoms with Crippen LogP contribution in [0.2, 0.25) is 0 Å². The Kier molecular flexibility index (Phi) is 6.51. The third-order valence-electron chi connectivity index (χ3n) is 6.22. The van der Waals surface area contributed by atoms with Gasteiger partial charge in [-0.25, -0.2) is 4.98 Å². The summed E-state index contributed by atoms with van der Waals surface area (Å²) in [5, 5.41) is 0. The van der Waals surface area contributed by atoms with Crippen LogP contribution >= 0.6 is 0 Å². The van der Waals surface area contributed by atoms with E-state index in [-0.39, 0.29) is 11.8 Å². The quantitative estimate of drug-likeness (QED) is 0.397. The number of fused-ring (bicyclic) bond motifs is 1. The van der Waals surface area contributed by atoms with Crippen molar-refractivity contribution >= 4 is 22.6 Å². The Morgan fingerprint density at radius 1 is 1.00 bits per heavy atom. The molecule has 2 aromatic carbocycles. The SMILES string of the molecule is CCCCCCCCn1c([C@H]2CC(=O)N(c3cccc(C)c3)C2)nc2ccccc21. The zero-order valence-corrected chi connectivity index (χ0v) is 18.3. The molecule has 3 aromatic rings. The monoisotopic (exact) mass is 403 g/mol. The van der Waals surface area contributed by atoms with Crippen molar-refractivity contribution in [3.8, 4) is 0 Å². The Bertz CT molecular complexity index is 1010. The van der Waals surface area contributed by atoms with E-state index < -0.39 is 0 Å². The predicted molar refractivity (Wildman–Crippen MR) is 124 cm³/mol. The fourth-order valence-electron chi connectivity index (χ4n) is 4.62. The Morgan fingerprint density at radius 2 is 1.80 bits per heavy atom. The van der Waals surface area contributed by atoms with Crippen LogP contribution in [0.5, 0.6) is 0 Å². The maximum atomic E-state index is 12.8. The molecule has 0 radical (unpaired) electrons. The van der Waals surface area contributed by atoms with Crippen LogP contribution in [0.3, 0.4) is 0 Å². The normalized spacial score (nSPS) is 16.7. The molecule has 1 amide bonds. The number of aromatic nitrogens is 2. The summed E-state index contributed by atoms with van der Waals surface area (Å²) in [6.07, 6.45) is 8.20. The highest BCUT2D eigenvalue weighted by Gasteiger charge is 2.34. The first-order valence-electron chi connectivity index (χ1n) is 11.5. The van der Waals surface area contributed by atoms with Crippen LogP contribution in [0.1, 0.15) is 69.2 Å². The van der Waals surface area contributed by atoms with Crippen molar-refractivity contribution in [2.45, 2.75) is 71.3 Å². The zero-order valence-electron chi connectivity index (χ0n) is 18.3. The molecule has 0 bridgehead atoms. The van der Waals surface area contributed by atoms with Crippen molar-refractivity contribution in [1.82, 2.24) is 9.55 Å². The van der Waals surface area contributed by atoms with Gasteiger partial charge >= 0.3 is 0 Å². The fraction of sp³-hybridized carbons (Fsp3) is 0.462. The molecular formula is C26H33N3O. The number of para-hydroxylation sites is 2. The molecule has 4 rings (SSSR count). The Morgan fingerprint density at radius 3 is 2.63 bits per heavy atom. The summed E-state index contributed by atoms with van der Waals surface area (Å²) in [7, 11) is 0. The van der Waals surface area contributed by atoms with Gasteiger partial charge in [0.1, 0.15) is 5.82 Å². The molecule has 30 heavy (non-hydrogen) atoms. The highest BCUT2D eigenvalue weighted by Crippen LogP contribution is 2.33. The number of benzene rings is 2. The molecule has 1 saturated heterocycles. The summed E-state index contributed by atoms with van der Waals surface area (Å²) in [6, 6.07) is 16.6. The first-order chi connectivity index (χ1) is 14.7. The van der Waals surface area contributed by atoms with Crippen molar-refractivity contribution < 1.29 is 4.79 Å². The predicted octanol–water partition coefficient (Wildman–Crippen LogP) is 6.23. The lowest BCUT2D eigenvalue weighted by molar-refractivity contribution is -0.117. The van der Waals surface area contributed by atoms with Crippen molar-refractivity contribution in [3.05, 3.63) is 59.9 Å². The van der Waals surface area contributed by atoms with E-state index in [1.165, 1.54) is 49.6 Å². The molecule has 158 valence electrons. The van der Waals surface area contributed by atoms with Crippen molar-refractivity contribution in [1.29, 1.82) is 0 Å². The Labute approximate surface area is 179 Å². The number of aryl methyl sites for hydroxylation is 2. The summed E-state index contributed by atoms with van der Waals surface area (Å²) < 4.78 is 2.38. The number of carbonyl (C=O) groups excluding carboxylic acids is 1. The number of carbonyl (C=O) groups is 1. The van der Waals surface area contributed by atoms with Crippen molar-refractivity contribution in [2.24, 2.45) is 0 Å². The highest BCUT2D eigenvalue weighted by atomic mass is 16.2. The van der Waals surface area contributed by atoms with Gasteiger partial charge in [0.2, 0.25) is 5.91 Å². The highest BCUT2D eigenvalue weighted by molar-refractivity contribution is 5.96. The summed E-state index contributed by atoms with van der Waals surface area (Å²) in [6.45, 7) is 6.02. The minimum absolute atomic E-state index is 0.144. The minimum atomic E-state index is 0.144. The standard InChI is InChI=1S/C26H33N3O/c1-3-4-5-6-7-10-16-28-24-15-9-8-14-23(24)27-26(28)21-18-25(30)29(19-21)22-13-11-12-20(2)17-22/h8-9,11-15,17,21H,3-7,10,16,18-19H2,1-2H3/t21-/m0/s1. The van der Waals surface area contributed by atoms with Crippen LogP contribution < -0.4 is 4.90 Å². The largest absolute Gasteiger partial charge is 0.328 e. The van der Waals surface area contributed by atoms with Crippen LogP contribution in [0, 0.1) is 6.92 Å². The number of hydrogen-bond donors (Lipinski definition) is 0. The lowest BCUT2D eigenvalue weighted by Crippen LogP contribution is -2.24. The van der Waals surface area contributed by atoms with Gasteiger partial charge in [-0.3, -0.25) is 4.79 Å². The first kappa shape index (κ1) is 20.6. The topological polar surface area (TPSA) is 38.1 Å². The Balaban J connectivity index is 1.54. The number of nitrogens with zero attached hydrogens (tertiary/aromatic N) is 3. The van der Waals surface area contributed by atoms with E-state index in [1.54, 1.807) is 0 Å². The average Bonchev–Trinajstić information content (AvgIpc) is 3.31. The molecule has 0 spiro atoms. The van der Waals surface area contributed by atoms with E-state index in [9.17, 15) is 4.79 Å². The summed E-state index contributed by atoms with van der Waals surface area (Å²) >= 11 is 0. The van der Waals surface area contributed by atoms with Gasteiger partial charge in [-0.2, -0.15) is 0 Å². The molecule has 0 saturated carbocycles. The van der Waals surface area contributed by atoms with Crippen LogP contribution in [-0.2, 0) is 11.3 Å². The molecule has 1 aromatic heterocycles. The lowest BCUT2D eigenvalue weighted by atomic mass is 10.1. The van der Waals surface area contributed by atoms with Gasteiger partial charge in [0, 0.05) is 31.1 Å². The van der Waals surface area contributed by atoms with Gasteiger partial charge in [-0.15, -0.1) is 0 Å². The Hall–Kier alpha value is -2.62. The fourth-order valence-corrected chi connectivity index (χ4v) is 4.62. The van der Waals surface area contributed by atoms with E-state index in [1.807, 2.05) is 23.1 Å². The third-order valence-corrected chi connectivity index (χ3v) is 6.22. The van der Waals surface area contributed by atoms with Gasteiger partial charge in [-0.05, 0) is 43.2 Å². The number of rotatable bonds is 9. The van der Waals surface area contributed by atoms with E-state index >= 15 is 0 Å². The van der Waals surface area contributed by atoms with Crippen molar-refractivity contribution in [2.75, 3.05) is 11.4 Å². The van der Waals surface area contributed by atoms with Crippen LogP contribution in [0.25, 0.3) is 11.0 Å². The summed E-state index contributed by atoms with van der Waals surface area (Å²) in [5.41, 5.74) is 4.42. The van der Waals surface area contributed by atoms with Gasteiger partial charge in [0.25, 0.3) is 0 Å². The second-order valence-corrected chi connectivity index (χ2v) is 8.62. The van der Waals surface area contributed by atoms with Gasteiger partial charge in [-0.1, -0.05) is 63.3 Å². The van der Waals surface area contributed by atoms with Crippen LogP contribution in [0.15, 0.2) is 48.5 Å². The molecule has 0 unspecified atom stereocenters. The second kappa shape index (κ2) is 9.46. The number of imidazole rings is 1. The maximum absolute atomic E-state index is 12.8. The van der Waals surface area contributed by atoms with Crippen LogP contribution in [0.4, 0.5) is 5.69 Å². The first-order valence-corrected chi connectivity index (χ1v) is 11.5. The summed E-state index contributed by atoms with van der Waals surface area (Å²) in [5.74, 6) is 1.42. The van der Waals surface area contributed by atoms with E-state index in [2.05, 4.69) is 48.7 Å². The molecule has 0 aliphatic carbocycles. The second-order valence-electron chi connectivity index (χ2n) is 8.62. The van der Waals surface area contributed by atoms with Gasteiger partial charge in [0.15, 0.2) is 0 Å². The summed E-state index contributed by atoms with van der Waals surface area (Å²) in [4.78, 5) is 19.8. The number of anilines is 1. The molecule has 1 aliphatic heterocycles. The lowest BCUT2D eigenvalue weighted by Gasteiger charge is -2.18. The molecule has 1 atom stereocenters. The molecule has 4 nitrogen and oxygen atoms in total. The minimum Gasteiger partial charge on any atom is -0.328 e. The number of amides is 1. The average molecular weight is 404 g/mol. The molecule has 2 heterocycles. The molecule has 0 N–H and O–H groups in total. The third kappa shape index (κ3) is 4.43. The van der Waals surface area contributed by atoms with Gasteiger partial charge < -0.3 is 9.47 Å². The molecular weight excluding hydrogens is 370 g/mol. The van der Waals surface area contributed by atoms with Crippen molar-refractivity contribution in [3.63, 3.8) is 0 Å². The maximum Gasteiger partial charge on any atom is 0.227 e. The number of hydrogen-bond acceptors (Lipinski definition) is 2. The molecule has 1 fully saturated rings. The van der Waals surface area contributed by atoms with Gasteiger partial charge in [0.05, 0.1) is 11.0 Å². The van der Waals surface area contributed by atoms with Crippen LogP contribution in [-0.4, -0.2) is 22.0 Å². The smallest absolute Gasteiger partial charge is 0.227 e. The molecule has 1 aliphatic rings.